The van der Waals surface area contributed by atoms with Gasteiger partial charge in [-0.25, -0.2) is 0 Å². The minimum Gasteiger partial charge on any atom is -0.346 e. The highest BCUT2D eigenvalue weighted by Crippen LogP contribution is 2.21. The third kappa shape index (κ3) is 3.48. The standard InChI is InChI=1S/C15H16N2OS2/c1-10-8-13(20-11(10)2)15(18)17-9-14-12(4-3-6-16)5-7-19-14/h5,7-8H,6,9,16H2,1-2H3,(H,17,18). The first kappa shape index (κ1) is 14.8. The molecule has 20 heavy (non-hydrogen) atoms. The molecule has 2 aromatic heterocycles. The van der Waals surface area contributed by atoms with E-state index in [9.17, 15) is 4.79 Å². The zero-order valence-electron chi connectivity index (χ0n) is 11.4. The molecule has 2 aromatic rings. The first-order valence-electron chi connectivity index (χ1n) is 6.22. The summed E-state index contributed by atoms with van der Waals surface area (Å²) in [5.74, 6) is 5.82. The lowest BCUT2D eigenvalue weighted by atomic mass is 10.2. The van der Waals surface area contributed by atoms with Gasteiger partial charge < -0.3 is 11.1 Å². The van der Waals surface area contributed by atoms with E-state index < -0.39 is 0 Å². The van der Waals surface area contributed by atoms with Crippen LogP contribution in [0.2, 0.25) is 0 Å². The Morgan fingerprint density at radius 1 is 1.45 bits per heavy atom. The summed E-state index contributed by atoms with van der Waals surface area (Å²) in [6.45, 7) is 4.88. The van der Waals surface area contributed by atoms with Crippen molar-refractivity contribution in [3.8, 4) is 11.8 Å². The predicted octanol–water partition coefficient (Wildman–Crippen LogP) is 2.67. The number of hydrogen-bond acceptors (Lipinski definition) is 4. The number of nitrogens with two attached hydrogens (primary N) is 1. The van der Waals surface area contributed by atoms with Gasteiger partial charge in [0.2, 0.25) is 0 Å². The smallest absolute Gasteiger partial charge is 0.261 e. The quantitative estimate of drug-likeness (QED) is 0.857. The largest absolute Gasteiger partial charge is 0.346 e. The zero-order chi connectivity index (χ0) is 14.5. The molecule has 0 radical (unpaired) electrons. The van der Waals surface area contributed by atoms with Crippen molar-refractivity contribution in [3.63, 3.8) is 0 Å². The molecule has 0 atom stereocenters. The maximum Gasteiger partial charge on any atom is 0.261 e. The molecular weight excluding hydrogens is 288 g/mol. The van der Waals surface area contributed by atoms with Crippen molar-refractivity contribution in [2.45, 2.75) is 20.4 Å². The summed E-state index contributed by atoms with van der Waals surface area (Å²) in [4.78, 5) is 15.1. The number of carbonyl (C=O) groups excluding carboxylic acids is 1. The molecule has 0 aliphatic carbocycles. The molecule has 3 nitrogen and oxygen atoms in total. The normalized spacial score (nSPS) is 9.95. The van der Waals surface area contributed by atoms with Crippen molar-refractivity contribution >= 4 is 28.6 Å². The van der Waals surface area contributed by atoms with E-state index in [1.54, 1.807) is 11.3 Å². The molecule has 2 heterocycles. The summed E-state index contributed by atoms with van der Waals surface area (Å²) in [6.07, 6.45) is 0. The molecule has 0 unspecified atom stereocenters. The van der Waals surface area contributed by atoms with Crippen LogP contribution in [-0.4, -0.2) is 12.5 Å². The molecule has 5 heteroatoms. The number of amides is 1. The lowest BCUT2D eigenvalue weighted by molar-refractivity contribution is 0.0955. The molecule has 0 spiro atoms. The second-order valence-electron chi connectivity index (χ2n) is 4.30. The zero-order valence-corrected chi connectivity index (χ0v) is 13.1. The van der Waals surface area contributed by atoms with E-state index in [0.717, 1.165) is 20.9 Å². The molecule has 2 rings (SSSR count). The minimum absolute atomic E-state index is 0.0302. The van der Waals surface area contributed by atoms with E-state index in [-0.39, 0.29) is 5.91 Å². The Kier molecular flexibility index (Phi) is 4.96. The van der Waals surface area contributed by atoms with Crippen LogP contribution in [0, 0.1) is 25.7 Å². The Hall–Kier alpha value is -1.61. The van der Waals surface area contributed by atoms with Gasteiger partial charge in [0.05, 0.1) is 18.0 Å². The summed E-state index contributed by atoms with van der Waals surface area (Å²) in [6, 6.07) is 3.88. The second-order valence-corrected chi connectivity index (χ2v) is 6.55. The van der Waals surface area contributed by atoms with E-state index in [4.69, 9.17) is 5.73 Å². The van der Waals surface area contributed by atoms with Gasteiger partial charge in [-0.3, -0.25) is 4.79 Å². The fourth-order valence-electron chi connectivity index (χ4n) is 1.67. The lowest BCUT2D eigenvalue weighted by Gasteiger charge is -2.02. The summed E-state index contributed by atoms with van der Waals surface area (Å²) < 4.78 is 0. The summed E-state index contributed by atoms with van der Waals surface area (Å²) in [5, 5.41) is 4.92. The van der Waals surface area contributed by atoms with Gasteiger partial charge in [-0.2, -0.15) is 0 Å². The average Bonchev–Trinajstić information content (AvgIpc) is 3.01. The van der Waals surface area contributed by atoms with Crippen LogP contribution in [0.25, 0.3) is 0 Å². The van der Waals surface area contributed by atoms with Crippen LogP contribution in [0.5, 0.6) is 0 Å². The number of hydrogen-bond donors (Lipinski definition) is 2. The van der Waals surface area contributed by atoms with Gasteiger partial charge in [0, 0.05) is 15.3 Å². The van der Waals surface area contributed by atoms with E-state index in [1.165, 1.54) is 16.2 Å². The Labute approximate surface area is 126 Å². The maximum absolute atomic E-state index is 12.1. The lowest BCUT2D eigenvalue weighted by Crippen LogP contribution is -2.21. The maximum atomic E-state index is 12.1. The first-order chi connectivity index (χ1) is 9.61. The van der Waals surface area contributed by atoms with Crippen LogP contribution in [0.4, 0.5) is 0 Å². The molecule has 0 aromatic carbocycles. The molecule has 104 valence electrons. The Morgan fingerprint density at radius 2 is 2.25 bits per heavy atom. The molecule has 0 fully saturated rings. The van der Waals surface area contributed by atoms with Gasteiger partial charge in [0.15, 0.2) is 0 Å². The molecule has 0 saturated carbocycles. The van der Waals surface area contributed by atoms with Crippen LogP contribution in [0.3, 0.4) is 0 Å². The fraction of sp³-hybridized carbons (Fsp3) is 0.267. The van der Waals surface area contributed by atoms with Crippen molar-refractivity contribution in [2.24, 2.45) is 5.73 Å². The minimum atomic E-state index is -0.0302. The van der Waals surface area contributed by atoms with E-state index in [1.807, 2.05) is 31.4 Å². The molecule has 0 bridgehead atoms. The van der Waals surface area contributed by atoms with Crippen LogP contribution in [-0.2, 0) is 6.54 Å². The summed E-state index contributed by atoms with van der Waals surface area (Å²) in [5.41, 5.74) is 7.47. The van der Waals surface area contributed by atoms with E-state index >= 15 is 0 Å². The number of aryl methyl sites for hydroxylation is 2. The summed E-state index contributed by atoms with van der Waals surface area (Å²) >= 11 is 3.12. The predicted molar refractivity (Wildman–Crippen MR) is 85.2 cm³/mol. The molecule has 0 aliphatic heterocycles. The highest BCUT2D eigenvalue weighted by molar-refractivity contribution is 7.14. The van der Waals surface area contributed by atoms with Crippen LogP contribution in [0.1, 0.15) is 30.6 Å². The van der Waals surface area contributed by atoms with Gasteiger partial charge in [-0.1, -0.05) is 11.8 Å². The summed E-state index contributed by atoms with van der Waals surface area (Å²) in [7, 11) is 0. The van der Waals surface area contributed by atoms with Crippen molar-refractivity contribution in [1.82, 2.24) is 5.32 Å². The van der Waals surface area contributed by atoms with Crippen LogP contribution in [0.15, 0.2) is 17.5 Å². The topological polar surface area (TPSA) is 55.1 Å². The van der Waals surface area contributed by atoms with E-state index in [0.29, 0.717) is 13.1 Å². The van der Waals surface area contributed by atoms with Crippen molar-refractivity contribution in [1.29, 1.82) is 0 Å². The molecule has 1 amide bonds. The molecule has 0 aliphatic rings. The van der Waals surface area contributed by atoms with Gasteiger partial charge in [0.25, 0.3) is 5.91 Å². The molecule has 0 saturated heterocycles. The monoisotopic (exact) mass is 304 g/mol. The van der Waals surface area contributed by atoms with Crippen molar-refractivity contribution < 1.29 is 4.79 Å². The number of thiophene rings is 2. The third-order valence-electron chi connectivity index (χ3n) is 2.87. The molecular formula is C15H16N2OS2. The second kappa shape index (κ2) is 6.71. The third-order valence-corrected chi connectivity index (χ3v) is 4.94. The Balaban J connectivity index is 2.02. The average molecular weight is 304 g/mol. The van der Waals surface area contributed by atoms with Gasteiger partial charge in [0.1, 0.15) is 0 Å². The highest BCUT2D eigenvalue weighted by Gasteiger charge is 2.11. The highest BCUT2D eigenvalue weighted by atomic mass is 32.1. The van der Waals surface area contributed by atoms with Crippen molar-refractivity contribution in [2.75, 3.05) is 6.54 Å². The SMILES string of the molecule is Cc1cc(C(=O)NCc2sccc2C#CCN)sc1C. The number of rotatable bonds is 3. The first-order valence-corrected chi connectivity index (χ1v) is 7.92. The van der Waals surface area contributed by atoms with E-state index in [2.05, 4.69) is 17.2 Å². The molecule has 3 N–H and O–H groups in total. The van der Waals surface area contributed by atoms with Gasteiger partial charge in [-0.05, 0) is 36.9 Å². The number of carbonyl (C=O) groups is 1. The number of nitrogens with one attached hydrogen (secondary N) is 1. The van der Waals surface area contributed by atoms with Gasteiger partial charge in [-0.15, -0.1) is 22.7 Å². The van der Waals surface area contributed by atoms with Crippen LogP contribution >= 0.6 is 22.7 Å². The fourth-order valence-corrected chi connectivity index (χ4v) is 3.39. The Morgan fingerprint density at radius 3 is 2.90 bits per heavy atom. The Bertz CT molecular complexity index is 654. The van der Waals surface area contributed by atoms with Crippen molar-refractivity contribution in [3.05, 3.63) is 43.3 Å². The van der Waals surface area contributed by atoms with Crippen LogP contribution < -0.4 is 11.1 Å². The van der Waals surface area contributed by atoms with Gasteiger partial charge >= 0.3 is 0 Å².